The van der Waals surface area contributed by atoms with E-state index in [1.54, 1.807) is 6.08 Å². The first-order chi connectivity index (χ1) is 11.0. The standard InChI is InChI=1S/C15H14O8/c1-20-9(16)5-8-12(14(18)21-2)11-7(22-8)4-3-6-10(11)15(19)23-13(6)17/h4,6,10-11H,3,5H2,1-2H3/t6-,10-,11+/m0/s1. The van der Waals surface area contributed by atoms with Gasteiger partial charge in [0.1, 0.15) is 17.9 Å². The number of rotatable bonds is 3. The maximum absolute atomic E-state index is 12.1. The van der Waals surface area contributed by atoms with Crippen molar-refractivity contribution in [2.24, 2.45) is 17.8 Å². The molecule has 8 nitrogen and oxygen atoms in total. The van der Waals surface area contributed by atoms with Gasteiger partial charge in [-0.2, -0.15) is 0 Å². The molecule has 0 saturated carbocycles. The van der Waals surface area contributed by atoms with E-state index in [1.807, 2.05) is 0 Å². The quantitative estimate of drug-likeness (QED) is 0.413. The molecule has 3 aliphatic rings. The zero-order valence-corrected chi connectivity index (χ0v) is 12.5. The molecule has 1 fully saturated rings. The zero-order valence-electron chi connectivity index (χ0n) is 12.5. The zero-order chi connectivity index (χ0) is 16.7. The van der Waals surface area contributed by atoms with Crippen molar-refractivity contribution in [2.75, 3.05) is 14.2 Å². The average molecular weight is 322 g/mol. The SMILES string of the molecule is COC(=O)CC1=C(C(=O)OC)[C@@H]2C(=CC[C@@H]3C(=O)OC(=O)[C@H]23)O1. The number of carbonyl (C=O) groups is 4. The second kappa shape index (κ2) is 5.53. The fraction of sp³-hybridized carbons (Fsp3) is 0.467. The van der Waals surface area contributed by atoms with Crippen molar-refractivity contribution in [1.82, 2.24) is 0 Å². The van der Waals surface area contributed by atoms with Crippen molar-refractivity contribution < 1.29 is 38.1 Å². The van der Waals surface area contributed by atoms with Crippen molar-refractivity contribution in [2.45, 2.75) is 12.8 Å². The Balaban J connectivity index is 2.04. The first-order valence-electron chi connectivity index (χ1n) is 6.99. The summed E-state index contributed by atoms with van der Waals surface area (Å²) >= 11 is 0. The maximum atomic E-state index is 12.1. The lowest BCUT2D eigenvalue weighted by Gasteiger charge is -2.25. The van der Waals surface area contributed by atoms with E-state index in [4.69, 9.17) is 9.47 Å². The van der Waals surface area contributed by atoms with Crippen LogP contribution in [0.3, 0.4) is 0 Å². The van der Waals surface area contributed by atoms with E-state index in [9.17, 15) is 19.2 Å². The highest BCUT2D eigenvalue weighted by Gasteiger charge is 2.56. The largest absolute Gasteiger partial charge is 0.469 e. The van der Waals surface area contributed by atoms with Crippen LogP contribution >= 0.6 is 0 Å². The first kappa shape index (κ1) is 15.3. The van der Waals surface area contributed by atoms with E-state index in [2.05, 4.69) is 9.47 Å². The second-order valence-electron chi connectivity index (χ2n) is 5.38. The number of cyclic esters (lactones) is 2. The number of allylic oxidation sites excluding steroid dienone is 2. The van der Waals surface area contributed by atoms with Gasteiger partial charge in [-0.15, -0.1) is 0 Å². The molecule has 2 heterocycles. The lowest BCUT2D eigenvalue weighted by molar-refractivity contribution is -0.154. The van der Waals surface area contributed by atoms with Gasteiger partial charge in [0, 0.05) is 0 Å². The molecule has 2 aliphatic heterocycles. The number of methoxy groups -OCH3 is 2. The molecular weight excluding hydrogens is 308 g/mol. The van der Waals surface area contributed by atoms with E-state index in [0.717, 1.165) is 0 Å². The minimum atomic E-state index is -0.841. The molecule has 0 aromatic rings. The van der Waals surface area contributed by atoms with Gasteiger partial charge in [-0.05, 0) is 12.5 Å². The van der Waals surface area contributed by atoms with Crippen molar-refractivity contribution in [1.29, 1.82) is 0 Å². The van der Waals surface area contributed by atoms with Gasteiger partial charge in [-0.1, -0.05) is 0 Å². The fourth-order valence-electron chi connectivity index (χ4n) is 3.20. The van der Waals surface area contributed by atoms with Crippen LogP contribution in [-0.4, -0.2) is 38.1 Å². The Hall–Kier alpha value is -2.64. The van der Waals surface area contributed by atoms with E-state index >= 15 is 0 Å². The predicted molar refractivity (Wildman–Crippen MR) is 71.0 cm³/mol. The molecule has 1 aliphatic carbocycles. The van der Waals surface area contributed by atoms with Crippen LogP contribution in [0.2, 0.25) is 0 Å². The highest BCUT2D eigenvalue weighted by molar-refractivity contribution is 6.00. The van der Waals surface area contributed by atoms with E-state index < -0.39 is 41.6 Å². The summed E-state index contributed by atoms with van der Waals surface area (Å²) in [4.78, 5) is 47.4. The summed E-state index contributed by atoms with van der Waals surface area (Å²) in [5.74, 6) is -4.46. The summed E-state index contributed by atoms with van der Waals surface area (Å²) in [7, 11) is 2.40. The van der Waals surface area contributed by atoms with Crippen LogP contribution in [0, 0.1) is 17.8 Å². The van der Waals surface area contributed by atoms with Gasteiger partial charge in [-0.3, -0.25) is 14.4 Å². The van der Waals surface area contributed by atoms with Crippen molar-refractivity contribution in [3.05, 3.63) is 23.2 Å². The van der Waals surface area contributed by atoms with Crippen LogP contribution < -0.4 is 0 Å². The molecule has 122 valence electrons. The van der Waals surface area contributed by atoms with Gasteiger partial charge in [0.05, 0.1) is 37.5 Å². The molecule has 0 aromatic carbocycles. The molecular formula is C15H14O8. The van der Waals surface area contributed by atoms with Crippen molar-refractivity contribution >= 4 is 23.9 Å². The van der Waals surface area contributed by atoms with Crippen molar-refractivity contribution in [3.63, 3.8) is 0 Å². The maximum Gasteiger partial charge on any atom is 0.337 e. The Morgan fingerprint density at radius 2 is 1.91 bits per heavy atom. The molecule has 0 aromatic heterocycles. The highest BCUT2D eigenvalue weighted by Crippen LogP contribution is 2.50. The number of ether oxygens (including phenoxy) is 4. The van der Waals surface area contributed by atoms with Gasteiger partial charge in [0.15, 0.2) is 0 Å². The predicted octanol–water partition coefficient (Wildman–Crippen LogP) is 0.226. The summed E-state index contributed by atoms with van der Waals surface area (Å²) in [6.45, 7) is 0. The van der Waals surface area contributed by atoms with E-state index in [-0.39, 0.29) is 24.2 Å². The third-order valence-corrected chi connectivity index (χ3v) is 4.24. The minimum Gasteiger partial charge on any atom is -0.469 e. The van der Waals surface area contributed by atoms with Gasteiger partial charge in [0.2, 0.25) is 0 Å². The molecule has 0 N–H and O–H groups in total. The Morgan fingerprint density at radius 3 is 2.57 bits per heavy atom. The molecule has 0 radical (unpaired) electrons. The number of carbonyl (C=O) groups excluding carboxylic acids is 4. The van der Waals surface area contributed by atoms with Gasteiger partial charge < -0.3 is 18.9 Å². The second-order valence-corrected chi connectivity index (χ2v) is 5.38. The summed E-state index contributed by atoms with van der Waals surface area (Å²) in [6, 6.07) is 0. The molecule has 0 bridgehead atoms. The van der Waals surface area contributed by atoms with Gasteiger partial charge >= 0.3 is 23.9 Å². The Morgan fingerprint density at radius 1 is 1.17 bits per heavy atom. The Labute approximate surface area is 131 Å². The fourth-order valence-corrected chi connectivity index (χ4v) is 3.20. The number of hydrogen-bond acceptors (Lipinski definition) is 8. The third-order valence-electron chi connectivity index (χ3n) is 4.24. The normalized spacial score (nSPS) is 28.4. The molecule has 0 spiro atoms. The Kier molecular flexibility index (Phi) is 3.67. The van der Waals surface area contributed by atoms with Crippen LogP contribution in [0.25, 0.3) is 0 Å². The molecule has 1 saturated heterocycles. The Bertz CT molecular complexity index is 671. The number of hydrogen-bond donors (Lipinski definition) is 0. The molecule has 0 unspecified atom stereocenters. The van der Waals surface area contributed by atoms with Crippen LogP contribution in [0.15, 0.2) is 23.2 Å². The lowest BCUT2D eigenvalue weighted by atomic mass is 9.73. The molecule has 8 heteroatoms. The number of fused-ring (bicyclic) bond motifs is 3. The van der Waals surface area contributed by atoms with E-state index in [0.29, 0.717) is 5.76 Å². The topological polar surface area (TPSA) is 105 Å². The first-order valence-corrected chi connectivity index (χ1v) is 6.99. The van der Waals surface area contributed by atoms with Crippen LogP contribution in [0.5, 0.6) is 0 Å². The molecule has 3 rings (SSSR count). The molecule has 3 atom stereocenters. The summed E-state index contributed by atoms with van der Waals surface area (Å²) in [5.41, 5.74) is 0.0606. The average Bonchev–Trinajstić information content (AvgIpc) is 3.03. The smallest absolute Gasteiger partial charge is 0.337 e. The highest BCUT2D eigenvalue weighted by atomic mass is 16.6. The third kappa shape index (κ3) is 2.30. The van der Waals surface area contributed by atoms with Gasteiger partial charge in [0.25, 0.3) is 0 Å². The van der Waals surface area contributed by atoms with Crippen LogP contribution in [0.1, 0.15) is 12.8 Å². The minimum absolute atomic E-state index is 0.0606. The molecule has 0 amide bonds. The van der Waals surface area contributed by atoms with Crippen LogP contribution in [-0.2, 0) is 38.1 Å². The van der Waals surface area contributed by atoms with E-state index in [1.165, 1.54) is 14.2 Å². The number of esters is 4. The van der Waals surface area contributed by atoms with Gasteiger partial charge in [-0.25, -0.2) is 4.79 Å². The van der Waals surface area contributed by atoms with Crippen LogP contribution in [0.4, 0.5) is 0 Å². The summed E-state index contributed by atoms with van der Waals surface area (Å²) < 4.78 is 19.6. The molecule has 23 heavy (non-hydrogen) atoms. The summed E-state index contributed by atoms with van der Waals surface area (Å²) in [6.07, 6.45) is 1.65. The summed E-state index contributed by atoms with van der Waals surface area (Å²) in [5, 5.41) is 0. The monoisotopic (exact) mass is 322 g/mol. The lowest BCUT2D eigenvalue weighted by Crippen LogP contribution is -2.32. The van der Waals surface area contributed by atoms with Crippen molar-refractivity contribution in [3.8, 4) is 0 Å².